The van der Waals surface area contributed by atoms with Gasteiger partial charge in [-0.2, -0.15) is 0 Å². The van der Waals surface area contributed by atoms with Gasteiger partial charge in [-0.15, -0.1) is 0 Å². The van der Waals surface area contributed by atoms with Crippen molar-refractivity contribution in [3.05, 3.63) is 0 Å². The third-order valence-electron chi connectivity index (χ3n) is 1.63. The second-order valence-corrected chi connectivity index (χ2v) is 3.07. The van der Waals surface area contributed by atoms with Crippen LogP contribution in [0.5, 0.6) is 0 Å². The van der Waals surface area contributed by atoms with Crippen LogP contribution in [-0.2, 0) is 4.79 Å². The van der Waals surface area contributed by atoms with E-state index in [2.05, 4.69) is 5.32 Å². The van der Waals surface area contributed by atoms with E-state index < -0.39 is 17.5 Å². The lowest BCUT2D eigenvalue weighted by molar-refractivity contribution is -0.124. The fourth-order valence-corrected chi connectivity index (χ4v) is 0.849. The molecule has 0 aromatic rings. The minimum atomic E-state index is -1.32. The molecule has 0 aromatic heterocycles. The van der Waals surface area contributed by atoms with Crippen molar-refractivity contribution in [3.63, 3.8) is 0 Å². The fourth-order valence-electron chi connectivity index (χ4n) is 0.849. The first-order valence-electron chi connectivity index (χ1n) is 2.96. The molecule has 0 spiro atoms. The predicted octanol–water partition coefficient (Wildman–Crippen LogP) is 0.480. The Kier molecular flexibility index (Phi) is 1.22. The van der Waals surface area contributed by atoms with Gasteiger partial charge in [-0.1, -0.05) is 13.8 Å². The maximum Gasteiger partial charge on any atom is 0.255 e. The SMILES string of the molecule is CC1(C)CNC(=O)C1F. The van der Waals surface area contributed by atoms with E-state index in [4.69, 9.17) is 0 Å². The first kappa shape index (κ1) is 6.52. The molecule has 52 valence electrons. The smallest absolute Gasteiger partial charge is 0.255 e. The Bertz CT molecular complexity index is 144. The first-order chi connectivity index (χ1) is 4.04. The minimum absolute atomic E-state index is 0.451. The van der Waals surface area contributed by atoms with E-state index in [1.165, 1.54) is 0 Å². The lowest BCUT2D eigenvalue weighted by atomic mass is 9.91. The van der Waals surface area contributed by atoms with E-state index in [9.17, 15) is 9.18 Å². The number of carbonyl (C=O) groups is 1. The van der Waals surface area contributed by atoms with Crippen molar-refractivity contribution in [2.24, 2.45) is 5.41 Å². The van der Waals surface area contributed by atoms with Gasteiger partial charge in [-0.25, -0.2) is 4.39 Å². The van der Waals surface area contributed by atoms with E-state index >= 15 is 0 Å². The topological polar surface area (TPSA) is 29.1 Å². The molecule has 1 unspecified atom stereocenters. The molecule has 0 aliphatic carbocycles. The van der Waals surface area contributed by atoms with Crippen LogP contribution in [0.1, 0.15) is 13.8 Å². The molecule has 1 amide bonds. The molecule has 0 aromatic carbocycles. The summed E-state index contributed by atoms with van der Waals surface area (Å²) in [5, 5.41) is 2.45. The van der Waals surface area contributed by atoms with Gasteiger partial charge in [0, 0.05) is 12.0 Å². The van der Waals surface area contributed by atoms with Gasteiger partial charge < -0.3 is 5.32 Å². The standard InChI is InChI=1S/C6H10FNO/c1-6(2)3-8-5(9)4(6)7/h4H,3H2,1-2H3,(H,8,9). The molecule has 1 rings (SSSR count). The summed E-state index contributed by atoms with van der Waals surface area (Å²) in [6.07, 6.45) is -1.32. The molecule has 3 heteroatoms. The van der Waals surface area contributed by atoms with Gasteiger partial charge in [-0.05, 0) is 0 Å². The number of nitrogens with one attached hydrogen (secondary N) is 1. The maximum atomic E-state index is 12.7. The number of carbonyl (C=O) groups excluding carboxylic acids is 1. The number of hydrogen-bond acceptors (Lipinski definition) is 1. The van der Waals surface area contributed by atoms with Crippen LogP contribution in [0.25, 0.3) is 0 Å². The first-order valence-corrected chi connectivity index (χ1v) is 2.96. The normalized spacial score (nSPS) is 32.3. The Balaban J connectivity index is 2.73. The van der Waals surface area contributed by atoms with Crippen LogP contribution in [0.2, 0.25) is 0 Å². The molecule has 1 N–H and O–H groups in total. The van der Waals surface area contributed by atoms with Gasteiger partial charge in [0.05, 0.1) is 0 Å². The van der Waals surface area contributed by atoms with Crippen molar-refractivity contribution < 1.29 is 9.18 Å². The molecule has 9 heavy (non-hydrogen) atoms. The molecule has 1 aliphatic rings. The summed E-state index contributed by atoms with van der Waals surface area (Å²) in [4.78, 5) is 10.5. The highest BCUT2D eigenvalue weighted by molar-refractivity contribution is 5.83. The van der Waals surface area contributed by atoms with Gasteiger partial charge in [-0.3, -0.25) is 4.79 Å². The number of halogens is 1. The van der Waals surface area contributed by atoms with Crippen LogP contribution >= 0.6 is 0 Å². The number of rotatable bonds is 0. The zero-order valence-electron chi connectivity index (χ0n) is 5.57. The summed E-state index contributed by atoms with van der Waals surface area (Å²) in [5.74, 6) is -0.472. The molecule has 0 radical (unpaired) electrons. The molecule has 1 fully saturated rings. The van der Waals surface area contributed by atoms with E-state index in [1.54, 1.807) is 13.8 Å². The predicted molar refractivity (Wildman–Crippen MR) is 31.7 cm³/mol. The van der Waals surface area contributed by atoms with Crippen LogP contribution in [0.4, 0.5) is 4.39 Å². The molecular formula is C6H10FNO. The second kappa shape index (κ2) is 1.69. The summed E-state index contributed by atoms with van der Waals surface area (Å²) in [5.41, 5.74) is -0.503. The van der Waals surface area contributed by atoms with Gasteiger partial charge >= 0.3 is 0 Å². The van der Waals surface area contributed by atoms with Crippen molar-refractivity contribution in [2.75, 3.05) is 6.54 Å². The second-order valence-electron chi connectivity index (χ2n) is 3.07. The summed E-state index contributed by atoms with van der Waals surface area (Å²) in [6.45, 7) is 3.91. The Morgan fingerprint density at radius 2 is 2.33 bits per heavy atom. The minimum Gasteiger partial charge on any atom is -0.353 e. The maximum absolute atomic E-state index is 12.7. The third-order valence-corrected chi connectivity index (χ3v) is 1.63. The summed E-state index contributed by atoms with van der Waals surface area (Å²) >= 11 is 0. The zero-order chi connectivity index (χ0) is 7.07. The van der Waals surface area contributed by atoms with E-state index in [0.717, 1.165) is 0 Å². The quantitative estimate of drug-likeness (QED) is 0.509. The van der Waals surface area contributed by atoms with Crippen LogP contribution in [-0.4, -0.2) is 18.6 Å². The third kappa shape index (κ3) is 0.910. The molecule has 1 heterocycles. The largest absolute Gasteiger partial charge is 0.353 e. The Morgan fingerprint density at radius 1 is 1.78 bits per heavy atom. The molecule has 0 saturated carbocycles. The van der Waals surface area contributed by atoms with Gasteiger partial charge in [0.15, 0.2) is 6.17 Å². The molecule has 2 nitrogen and oxygen atoms in total. The zero-order valence-corrected chi connectivity index (χ0v) is 5.57. The van der Waals surface area contributed by atoms with Crippen molar-refractivity contribution in [1.29, 1.82) is 0 Å². The van der Waals surface area contributed by atoms with Crippen molar-refractivity contribution in [1.82, 2.24) is 5.32 Å². The lowest BCUT2D eigenvalue weighted by Crippen LogP contribution is -2.25. The highest BCUT2D eigenvalue weighted by Gasteiger charge is 2.41. The average molecular weight is 131 g/mol. The number of alkyl halides is 1. The van der Waals surface area contributed by atoms with Crippen LogP contribution in [0.15, 0.2) is 0 Å². The molecule has 1 aliphatic heterocycles. The van der Waals surface area contributed by atoms with Crippen LogP contribution in [0.3, 0.4) is 0 Å². The summed E-state index contributed by atoms with van der Waals surface area (Å²) in [6, 6.07) is 0. The Labute approximate surface area is 53.4 Å². The Morgan fingerprint density at radius 3 is 2.44 bits per heavy atom. The summed E-state index contributed by atoms with van der Waals surface area (Å²) < 4.78 is 12.7. The van der Waals surface area contributed by atoms with Gasteiger partial charge in [0.25, 0.3) is 5.91 Å². The fraction of sp³-hybridized carbons (Fsp3) is 0.833. The number of hydrogen-bond donors (Lipinski definition) is 1. The van der Waals surface area contributed by atoms with Crippen molar-refractivity contribution in [2.45, 2.75) is 20.0 Å². The van der Waals surface area contributed by atoms with Crippen molar-refractivity contribution >= 4 is 5.91 Å². The van der Waals surface area contributed by atoms with Gasteiger partial charge in [0.1, 0.15) is 0 Å². The van der Waals surface area contributed by atoms with E-state index in [1.807, 2.05) is 0 Å². The highest BCUT2D eigenvalue weighted by Crippen LogP contribution is 2.26. The monoisotopic (exact) mass is 131 g/mol. The molecule has 1 saturated heterocycles. The Hall–Kier alpha value is -0.600. The highest BCUT2D eigenvalue weighted by atomic mass is 19.1. The van der Waals surface area contributed by atoms with E-state index in [-0.39, 0.29) is 0 Å². The van der Waals surface area contributed by atoms with Crippen molar-refractivity contribution in [3.8, 4) is 0 Å². The van der Waals surface area contributed by atoms with Crippen LogP contribution in [0, 0.1) is 5.41 Å². The average Bonchev–Trinajstić information content (AvgIpc) is 1.97. The molecule has 1 atom stereocenters. The van der Waals surface area contributed by atoms with Crippen LogP contribution < -0.4 is 5.32 Å². The molecule has 0 bridgehead atoms. The lowest BCUT2D eigenvalue weighted by Gasteiger charge is -2.15. The molecular weight excluding hydrogens is 121 g/mol. The van der Waals surface area contributed by atoms with E-state index in [0.29, 0.717) is 6.54 Å². The van der Waals surface area contributed by atoms with Gasteiger partial charge in [0.2, 0.25) is 0 Å². The summed E-state index contributed by atoms with van der Waals surface area (Å²) in [7, 11) is 0. The number of amides is 1.